The molecule has 3 aromatic rings. The minimum Gasteiger partial charge on any atom is -0.466 e. The van der Waals surface area contributed by atoms with Crippen LogP contribution in [-0.4, -0.2) is 37.8 Å². The first-order valence-electron chi connectivity index (χ1n) is 7.70. The number of nitro benzene ring substituents is 1. The highest BCUT2D eigenvalue weighted by atomic mass is 16.6. The number of nitro groups is 1. The van der Waals surface area contributed by atoms with Gasteiger partial charge in [-0.05, 0) is 23.8 Å². The minimum absolute atomic E-state index is 0.147. The second-order valence-electron chi connectivity index (χ2n) is 5.24. The van der Waals surface area contributed by atoms with E-state index < -0.39 is 10.9 Å². The highest BCUT2D eigenvalue weighted by Crippen LogP contribution is 2.29. The number of nitrogens with zero attached hydrogens (tertiary/aromatic N) is 5. The van der Waals surface area contributed by atoms with Crippen molar-refractivity contribution in [2.24, 2.45) is 0 Å². The Bertz CT molecular complexity index is 1000. The summed E-state index contributed by atoms with van der Waals surface area (Å²) in [6, 6.07) is 6.23. The Hall–Kier alpha value is -4.08. The quantitative estimate of drug-likeness (QED) is 0.305. The molecule has 0 aliphatic rings. The number of anilines is 2. The van der Waals surface area contributed by atoms with Gasteiger partial charge < -0.3 is 10.1 Å². The van der Waals surface area contributed by atoms with Crippen LogP contribution in [0.25, 0.3) is 12.0 Å². The van der Waals surface area contributed by atoms with Crippen molar-refractivity contribution in [3.63, 3.8) is 0 Å². The first-order valence-corrected chi connectivity index (χ1v) is 7.70. The summed E-state index contributed by atoms with van der Waals surface area (Å²) in [5, 5.41) is 18.5. The number of hydrogen-bond acceptors (Lipinski definition) is 8. The van der Waals surface area contributed by atoms with E-state index in [1.54, 1.807) is 36.8 Å². The fraction of sp³-hybridized carbons (Fsp3) is 0.0588. The third-order valence-corrected chi connectivity index (χ3v) is 3.45. The molecule has 136 valence electrons. The summed E-state index contributed by atoms with van der Waals surface area (Å²) in [4.78, 5) is 30.2. The zero-order chi connectivity index (χ0) is 19.2. The lowest BCUT2D eigenvalue weighted by molar-refractivity contribution is -0.383. The summed E-state index contributed by atoms with van der Waals surface area (Å²) in [7, 11) is 1.25. The second kappa shape index (κ2) is 7.87. The molecule has 10 nitrogen and oxygen atoms in total. The van der Waals surface area contributed by atoms with Crippen molar-refractivity contribution in [1.82, 2.24) is 19.7 Å². The van der Waals surface area contributed by atoms with E-state index in [4.69, 9.17) is 0 Å². The van der Waals surface area contributed by atoms with Gasteiger partial charge in [0.25, 0.3) is 5.69 Å². The Kier molecular flexibility index (Phi) is 5.17. The van der Waals surface area contributed by atoms with Crippen LogP contribution in [0, 0.1) is 10.1 Å². The fourth-order valence-corrected chi connectivity index (χ4v) is 2.20. The molecular weight excluding hydrogens is 352 g/mol. The van der Waals surface area contributed by atoms with Crippen LogP contribution in [0.4, 0.5) is 17.1 Å². The number of carbonyl (C=O) groups is 1. The zero-order valence-electron chi connectivity index (χ0n) is 14.1. The molecule has 1 N–H and O–H groups in total. The Labute approximate surface area is 153 Å². The maximum absolute atomic E-state index is 11.4. The molecule has 0 atom stereocenters. The predicted octanol–water partition coefficient (Wildman–Crippen LogP) is 2.50. The molecular formula is C17H14N6O4. The van der Waals surface area contributed by atoms with Gasteiger partial charge in [-0.25, -0.2) is 19.4 Å². The number of aromatic nitrogens is 4. The Morgan fingerprint density at radius 3 is 2.81 bits per heavy atom. The molecule has 0 amide bonds. The van der Waals surface area contributed by atoms with Gasteiger partial charge >= 0.3 is 5.97 Å². The second-order valence-corrected chi connectivity index (χ2v) is 5.24. The van der Waals surface area contributed by atoms with Crippen LogP contribution in [0.1, 0.15) is 5.56 Å². The molecule has 0 unspecified atom stereocenters. The topological polar surface area (TPSA) is 125 Å². The molecule has 10 heteroatoms. The van der Waals surface area contributed by atoms with Crippen LogP contribution in [0.2, 0.25) is 0 Å². The van der Waals surface area contributed by atoms with Gasteiger partial charge in [-0.15, -0.1) is 0 Å². The number of benzene rings is 1. The zero-order valence-corrected chi connectivity index (χ0v) is 14.1. The molecule has 0 saturated carbocycles. The standard InChI is InChI=1S/C17H14N6O4/c1-27-16(24)6-4-12-3-5-14(15(9-12)23(25)26)21-13-10-20-22(11-13)17-18-7-2-8-19-17/h2-11,21H,1H3/b6-4+. The molecule has 1 aromatic carbocycles. The first kappa shape index (κ1) is 17.7. The Morgan fingerprint density at radius 1 is 1.33 bits per heavy atom. The summed E-state index contributed by atoms with van der Waals surface area (Å²) in [5.41, 5.74) is 1.16. The highest BCUT2D eigenvalue weighted by molar-refractivity contribution is 5.87. The van der Waals surface area contributed by atoms with Crippen molar-refractivity contribution in [2.75, 3.05) is 12.4 Å². The van der Waals surface area contributed by atoms with E-state index in [-0.39, 0.29) is 11.4 Å². The van der Waals surface area contributed by atoms with Crippen LogP contribution in [0.3, 0.4) is 0 Å². The van der Waals surface area contributed by atoms with E-state index >= 15 is 0 Å². The smallest absolute Gasteiger partial charge is 0.330 e. The van der Waals surface area contributed by atoms with Crippen molar-refractivity contribution in [3.8, 4) is 5.95 Å². The van der Waals surface area contributed by atoms with E-state index in [1.807, 2.05) is 0 Å². The minimum atomic E-state index is -0.546. The molecule has 0 spiro atoms. The number of ether oxygens (including phenoxy) is 1. The van der Waals surface area contributed by atoms with Crippen LogP contribution >= 0.6 is 0 Å². The number of hydrogen-bond donors (Lipinski definition) is 1. The van der Waals surface area contributed by atoms with Gasteiger partial charge in [-0.3, -0.25) is 10.1 Å². The molecule has 0 aliphatic heterocycles. The van der Waals surface area contributed by atoms with Gasteiger partial charge in [-0.2, -0.15) is 5.10 Å². The van der Waals surface area contributed by atoms with Crippen LogP contribution in [0.5, 0.6) is 0 Å². The lowest BCUT2D eigenvalue weighted by Gasteiger charge is -2.05. The number of nitrogens with one attached hydrogen (secondary N) is 1. The summed E-state index contributed by atoms with van der Waals surface area (Å²) in [6.07, 6.45) is 8.92. The lowest BCUT2D eigenvalue weighted by atomic mass is 10.1. The summed E-state index contributed by atoms with van der Waals surface area (Å²) in [6.45, 7) is 0. The molecule has 0 aliphatic carbocycles. The van der Waals surface area contributed by atoms with E-state index in [0.717, 1.165) is 0 Å². The molecule has 0 saturated heterocycles. The normalized spacial score (nSPS) is 10.7. The van der Waals surface area contributed by atoms with Gasteiger partial charge in [0, 0.05) is 24.5 Å². The van der Waals surface area contributed by atoms with Crippen LogP contribution in [0.15, 0.2) is 55.1 Å². The molecule has 0 fully saturated rings. The number of carbonyl (C=O) groups excluding carboxylic acids is 1. The third kappa shape index (κ3) is 4.31. The SMILES string of the molecule is COC(=O)/C=C/c1ccc(Nc2cnn(-c3ncccn3)c2)c([N+](=O)[O-])c1. The predicted molar refractivity (Wildman–Crippen MR) is 96.6 cm³/mol. The number of esters is 1. The summed E-state index contributed by atoms with van der Waals surface area (Å²) < 4.78 is 5.95. The largest absolute Gasteiger partial charge is 0.466 e. The van der Waals surface area contributed by atoms with Crippen LogP contribution in [-0.2, 0) is 9.53 Å². The summed E-state index contributed by atoms with van der Waals surface area (Å²) >= 11 is 0. The average molecular weight is 366 g/mol. The molecule has 3 rings (SSSR count). The first-order chi connectivity index (χ1) is 13.1. The van der Waals surface area contributed by atoms with Crippen LogP contribution < -0.4 is 5.32 Å². The van der Waals surface area contributed by atoms with E-state index in [2.05, 4.69) is 25.1 Å². The summed E-state index contributed by atoms with van der Waals surface area (Å²) in [5.74, 6) is -0.168. The maximum Gasteiger partial charge on any atom is 0.330 e. The molecule has 0 radical (unpaired) electrons. The molecule has 0 bridgehead atoms. The van der Waals surface area contributed by atoms with Crippen molar-refractivity contribution in [1.29, 1.82) is 0 Å². The Morgan fingerprint density at radius 2 is 2.11 bits per heavy atom. The van der Waals surface area contributed by atoms with Gasteiger partial charge in [-0.1, -0.05) is 6.07 Å². The number of methoxy groups -OCH3 is 1. The van der Waals surface area contributed by atoms with Gasteiger partial charge in [0.2, 0.25) is 5.95 Å². The lowest BCUT2D eigenvalue weighted by Crippen LogP contribution is -2.00. The van der Waals surface area contributed by atoms with Gasteiger partial charge in [0.05, 0.1) is 30.1 Å². The van der Waals surface area contributed by atoms with E-state index in [0.29, 0.717) is 17.2 Å². The van der Waals surface area contributed by atoms with Gasteiger partial charge in [0.15, 0.2) is 0 Å². The average Bonchev–Trinajstić information content (AvgIpc) is 3.16. The third-order valence-electron chi connectivity index (χ3n) is 3.45. The fourth-order valence-electron chi connectivity index (χ4n) is 2.20. The maximum atomic E-state index is 11.4. The van der Waals surface area contributed by atoms with Crippen molar-refractivity contribution >= 4 is 29.1 Å². The molecule has 27 heavy (non-hydrogen) atoms. The monoisotopic (exact) mass is 366 g/mol. The highest BCUT2D eigenvalue weighted by Gasteiger charge is 2.15. The van der Waals surface area contributed by atoms with Crippen molar-refractivity contribution in [2.45, 2.75) is 0 Å². The number of rotatable bonds is 6. The van der Waals surface area contributed by atoms with Gasteiger partial charge in [0.1, 0.15) is 5.69 Å². The van der Waals surface area contributed by atoms with Crippen molar-refractivity contribution < 1.29 is 14.5 Å². The molecule has 2 aromatic heterocycles. The van der Waals surface area contributed by atoms with E-state index in [1.165, 1.54) is 36.2 Å². The van der Waals surface area contributed by atoms with Crippen molar-refractivity contribution in [3.05, 3.63) is 70.8 Å². The molecule has 2 heterocycles. The Balaban J connectivity index is 1.84. The van der Waals surface area contributed by atoms with E-state index in [9.17, 15) is 14.9 Å².